The zero-order valence-corrected chi connectivity index (χ0v) is 15.1. The average Bonchev–Trinajstić information content (AvgIpc) is 2.70. The predicted molar refractivity (Wildman–Crippen MR) is 101 cm³/mol. The van der Waals surface area contributed by atoms with Crippen LogP contribution in [0.5, 0.6) is 5.75 Å². The van der Waals surface area contributed by atoms with E-state index in [4.69, 9.17) is 4.74 Å². The van der Waals surface area contributed by atoms with Crippen molar-refractivity contribution < 1.29 is 9.53 Å². The first-order valence-corrected chi connectivity index (χ1v) is 8.53. The van der Waals surface area contributed by atoms with Gasteiger partial charge in [0.05, 0.1) is 12.6 Å². The van der Waals surface area contributed by atoms with Gasteiger partial charge in [-0.1, -0.05) is 12.1 Å². The second-order valence-electron chi connectivity index (χ2n) is 5.92. The van der Waals surface area contributed by atoms with Crippen LogP contribution >= 0.6 is 0 Å². The summed E-state index contributed by atoms with van der Waals surface area (Å²) in [6.07, 6.45) is 1.55. The molecular weight excluding hydrogens is 348 g/mol. The number of ether oxygens (including phenoxy) is 1. The van der Waals surface area contributed by atoms with Crippen molar-refractivity contribution in [3.63, 3.8) is 0 Å². The molecule has 0 saturated heterocycles. The Labute approximate surface area is 155 Å². The molecule has 0 radical (unpaired) electrons. The minimum absolute atomic E-state index is 0.259. The van der Waals surface area contributed by atoms with Gasteiger partial charge in [-0.25, -0.2) is 4.98 Å². The van der Waals surface area contributed by atoms with Crippen molar-refractivity contribution >= 4 is 17.1 Å². The van der Waals surface area contributed by atoms with Crippen LogP contribution in [0.4, 0.5) is 0 Å². The van der Waals surface area contributed by atoms with Crippen LogP contribution in [0.3, 0.4) is 0 Å². The molecule has 0 spiro atoms. The predicted octanol–water partition coefficient (Wildman–Crippen LogP) is 0.903. The van der Waals surface area contributed by atoms with Crippen molar-refractivity contribution in [2.24, 2.45) is 0 Å². The lowest BCUT2D eigenvalue weighted by Gasteiger charge is -2.13. The van der Waals surface area contributed by atoms with Gasteiger partial charge < -0.3 is 10.1 Å². The van der Waals surface area contributed by atoms with Gasteiger partial charge in [-0.15, -0.1) is 0 Å². The Morgan fingerprint density at radius 2 is 1.93 bits per heavy atom. The number of rotatable bonds is 6. The first-order valence-electron chi connectivity index (χ1n) is 8.53. The molecule has 1 amide bonds. The van der Waals surface area contributed by atoms with E-state index in [-0.39, 0.29) is 19.0 Å². The smallest absolute Gasteiger partial charge is 0.318 e. The zero-order chi connectivity index (χ0) is 19.4. The van der Waals surface area contributed by atoms with E-state index in [9.17, 15) is 14.4 Å². The summed E-state index contributed by atoms with van der Waals surface area (Å²) in [5, 5.41) is 2.76. The van der Waals surface area contributed by atoms with Gasteiger partial charge in [-0.05, 0) is 36.8 Å². The summed E-state index contributed by atoms with van der Waals surface area (Å²) in [5.74, 6) is 0.317. The van der Waals surface area contributed by atoms with Crippen LogP contribution in [0.25, 0.3) is 11.2 Å². The number of aryl methyl sites for hydroxylation is 1. The molecule has 0 bridgehead atoms. The maximum atomic E-state index is 12.5. The molecule has 2 heterocycles. The lowest BCUT2D eigenvalue weighted by molar-refractivity contribution is -0.121. The van der Waals surface area contributed by atoms with Gasteiger partial charge in [0.15, 0.2) is 5.65 Å². The number of fused-ring (bicyclic) bond motifs is 1. The standard InChI is InChI=1S/C19H20N4O4/c1-3-22-17-15(8-5-9-20-17)23(19(26)18(22)25)12-16(24)21-11-13-6-4-7-14(10-13)27-2/h4-10H,3,11-12H2,1-2H3,(H,21,24). The molecule has 0 atom stereocenters. The highest BCUT2D eigenvalue weighted by atomic mass is 16.5. The third-order valence-corrected chi connectivity index (χ3v) is 4.23. The molecule has 0 fully saturated rings. The van der Waals surface area contributed by atoms with Crippen molar-refractivity contribution in [2.45, 2.75) is 26.6 Å². The minimum atomic E-state index is -0.742. The number of carbonyl (C=O) groups excluding carboxylic acids is 1. The van der Waals surface area contributed by atoms with Crippen molar-refractivity contribution in [2.75, 3.05) is 7.11 Å². The van der Waals surface area contributed by atoms with Gasteiger partial charge in [0.1, 0.15) is 12.3 Å². The first kappa shape index (κ1) is 18.4. The van der Waals surface area contributed by atoms with Gasteiger partial charge in [0.25, 0.3) is 0 Å². The summed E-state index contributed by atoms with van der Waals surface area (Å²) in [4.78, 5) is 41.3. The van der Waals surface area contributed by atoms with Crippen LogP contribution in [-0.4, -0.2) is 27.1 Å². The van der Waals surface area contributed by atoms with Gasteiger partial charge in [0.2, 0.25) is 5.91 Å². The van der Waals surface area contributed by atoms with Crippen LogP contribution < -0.4 is 21.2 Å². The second kappa shape index (κ2) is 7.86. The van der Waals surface area contributed by atoms with E-state index in [1.165, 1.54) is 4.57 Å². The number of methoxy groups -OCH3 is 1. The Morgan fingerprint density at radius 3 is 2.67 bits per heavy atom. The average molecular weight is 368 g/mol. The number of aromatic nitrogens is 3. The molecule has 2 aromatic heterocycles. The van der Waals surface area contributed by atoms with Crippen LogP contribution in [0.15, 0.2) is 52.2 Å². The quantitative estimate of drug-likeness (QED) is 0.653. The molecule has 1 N–H and O–H groups in total. The fourth-order valence-electron chi connectivity index (χ4n) is 2.88. The number of hydrogen-bond acceptors (Lipinski definition) is 5. The van der Waals surface area contributed by atoms with Crippen LogP contribution in [0, 0.1) is 0 Å². The van der Waals surface area contributed by atoms with E-state index in [2.05, 4.69) is 10.3 Å². The lowest BCUT2D eigenvalue weighted by atomic mass is 10.2. The molecule has 8 heteroatoms. The Kier molecular flexibility index (Phi) is 5.35. The van der Waals surface area contributed by atoms with Crippen LogP contribution in [0.2, 0.25) is 0 Å². The molecule has 140 valence electrons. The highest BCUT2D eigenvalue weighted by Crippen LogP contribution is 2.12. The fraction of sp³-hybridized carbons (Fsp3) is 0.263. The van der Waals surface area contributed by atoms with Crippen LogP contribution in [0.1, 0.15) is 12.5 Å². The zero-order valence-electron chi connectivity index (χ0n) is 15.1. The number of benzene rings is 1. The number of hydrogen-bond donors (Lipinski definition) is 1. The molecule has 8 nitrogen and oxygen atoms in total. The van der Waals surface area contributed by atoms with Crippen molar-refractivity contribution in [1.29, 1.82) is 0 Å². The maximum Gasteiger partial charge on any atom is 0.318 e. The number of carbonyl (C=O) groups is 1. The lowest BCUT2D eigenvalue weighted by Crippen LogP contribution is -2.43. The first-order chi connectivity index (χ1) is 13.0. The van der Waals surface area contributed by atoms with Crippen LogP contribution in [-0.2, 0) is 24.4 Å². The third kappa shape index (κ3) is 3.74. The van der Waals surface area contributed by atoms with E-state index < -0.39 is 11.1 Å². The molecule has 27 heavy (non-hydrogen) atoms. The molecule has 0 aliphatic heterocycles. The Morgan fingerprint density at radius 1 is 1.15 bits per heavy atom. The van der Waals surface area contributed by atoms with Crippen molar-refractivity contribution in [3.05, 3.63) is 68.9 Å². The third-order valence-electron chi connectivity index (χ3n) is 4.23. The summed E-state index contributed by atoms with van der Waals surface area (Å²) in [6.45, 7) is 2.11. The molecule has 1 aromatic carbocycles. The Hall–Kier alpha value is -3.42. The Balaban J connectivity index is 1.86. The maximum absolute atomic E-state index is 12.5. The van der Waals surface area contributed by atoms with Crippen molar-refractivity contribution in [1.82, 2.24) is 19.4 Å². The van der Waals surface area contributed by atoms with E-state index in [1.807, 2.05) is 24.3 Å². The topological polar surface area (TPSA) is 95.2 Å². The Bertz CT molecular complexity index is 1100. The largest absolute Gasteiger partial charge is 0.497 e. The minimum Gasteiger partial charge on any atom is -0.497 e. The second-order valence-corrected chi connectivity index (χ2v) is 5.92. The molecule has 3 aromatic rings. The molecule has 0 unspecified atom stereocenters. The summed E-state index contributed by atoms with van der Waals surface area (Å²) in [6, 6.07) is 10.6. The molecule has 0 aliphatic carbocycles. The van der Waals surface area contributed by atoms with Gasteiger partial charge in [0, 0.05) is 19.3 Å². The number of nitrogens with zero attached hydrogens (tertiary/aromatic N) is 3. The summed E-state index contributed by atoms with van der Waals surface area (Å²) >= 11 is 0. The highest BCUT2D eigenvalue weighted by molar-refractivity contribution is 5.78. The van der Waals surface area contributed by atoms with E-state index in [0.717, 1.165) is 10.1 Å². The van der Waals surface area contributed by atoms with Crippen molar-refractivity contribution in [3.8, 4) is 5.75 Å². The monoisotopic (exact) mass is 368 g/mol. The highest BCUT2D eigenvalue weighted by Gasteiger charge is 2.15. The SMILES string of the molecule is CCn1c(=O)c(=O)n(CC(=O)NCc2cccc(OC)c2)c2cccnc21. The fourth-order valence-corrected chi connectivity index (χ4v) is 2.88. The van der Waals surface area contributed by atoms with E-state index in [0.29, 0.717) is 23.5 Å². The molecular formula is C19H20N4O4. The number of amides is 1. The number of pyridine rings is 1. The summed E-state index contributed by atoms with van der Waals surface area (Å²) in [7, 11) is 1.57. The van der Waals surface area contributed by atoms with E-state index >= 15 is 0 Å². The molecule has 0 saturated carbocycles. The van der Waals surface area contributed by atoms with E-state index in [1.54, 1.807) is 32.4 Å². The normalized spacial score (nSPS) is 10.7. The summed E-state index contributed by atoms with van der Waals surface area (Å²) in [5.41, 5.74) is 0.256. The van der Waals surface area contributed by atoms with Gasteiger partial charge in [-0.2, -0.15) is 0 Å². The molecule has 3 rings (SSSR count). The van der Waals surface area contributed by atoms with Gasteiger partial charge >= 0.3 is 11.1 Å². The summed E-state index contributed by atoms with van der Waals surface area (Å²) < 4.78 is 7.63. The molecule has 0 aliphatic rings. The number of nitrogens with one attached hydrogen (secondary N) is 1. The van der Waals surface area contributed by atoms with Gasteiger partial charge in [-0.3, -0.25) is 23.5 Å².